The number of ether oxygens (including phenoxy) is 1. The molecule has 1 aromatic carbocycles. The van der Waals surface area contributed by atoms with Gasteiger partial charge in [0.25, 0.3) is 5.69 Å². The molecule has 1 saturated carbocycles. The number of methoxy groups -OCH3 is 1. The molecule has 4 rings (SSSR count). The normalized spacial score (nSPS) is 23.6. The molecule has 1 N–H and O–H groups in total. The van der Waals surface area contributed by atoms with E-state index in [0.29, 0.717) is 23.0 Å². The number of aromatic nitrogens is 2. The van der Waals surface area contributed by atoms with E-state index >= 15 is 0 Å². The summed E-state index contributed by atoms with van der Waals surface area (Å²) in [6.45, 7) is 4.22. The number of nitrogens with zero attached hydrogens (tertiary/aromatic N) is 4. The smallest absolute Gasteiger partial charge is 0.344 e. The van der Waals surface area contributed by atoms with Crippen molar-refractivity contribution in [1.82, 2.24) is 20.0 Å². The zero-order valence-electron chi connectivity index (χ0n) is 14.6. The topological polar surface area (TPSA) is 103 Å². The number of nitro benzene ring substituents is 1. The first-order valence-corrected chi connectivity index (χ1v) is 8.77. The van der Waals surface area contributed by atoms with Crippen molar-refractivity contribution in [2.45, 2.75) is 24.9 Å². The Hall–Kier alpha value is -2.52. The fourth-order valence-electron chi connectivity index (χ4n) is 3.81. The average molecular weight is 359 g/mol. The lowest BCUT2D eigenvalue weighted by Gasteiger charge is -2.44. The second-order valence-electron chi connectivity index (χ2n) is 6.85. The molecule has 2 heterocycles. The van der Waals surface area contributed by atoms with E-state index in [1.54, 1.807) is 0 Å². The van der Waals surface area contributed by atoms with Gasteiger partial charge in [0.2, 0.25) is 0 Å². The molecule has 138 valence electrons. The van der Waals surface area contributed by atoms with Gasteiger partial charge in [-0.15, -0.1) is 0 Å². The van der Waals surface area contributed by atoms with Crippen LogP contribution in [0.1, 0.15) is 29.2 Å². The molecule has 0 spiro atoms. The van der Waals surface area contributed by atoms with E-state index in [2.05, 4.69) is 20.1 Å². The third kappa shape index (κ3) is 2.93. The van der Waals surface area contributed by atoms with Crippen molar-refractivity contribution in [2.75, 3.05) is 33.3 Å². The first-order valence-electron chi connectivity index (χ1n) is 8.77. The van der Waals surface area contributed by atoms with E-state index in [0.717, 1.165) is 39.0 Å². The quantitative estimate of drug-likeness (QED) is 0.499. The number of nitrogens with one attached hydrogen (secondary N) is 1. The molecule has 26 heavy (non-hydrogen) atoms. The van der Waals surface area contributed by atoms with Gasteiger partial charge in [-0.3, -0.25) is 19.7 Å². The number of esters is 1. The summed E-state index contributed by atoms with van der Waals surface area (Å²) in [6.07, 6.45) is 3.89. The molecule has 9 heteroatoms. The van der Waals surface area contributed by atoms with Crippen LogP contribution in [0.4, 0.5) is 5.69 Å². The number of benzene rings is 1. The van der Waals surface area contributed by atoms with E-state index in [-0.39, 0.29) is 11.3 Å². The van der Waals surface area contributed by atoms with Gasteiger partial charge >= 0.3 is 5.97 Å². The van der Waals surface area contributed by atoms with Crippen LogP contribution in [0, 0.1) is 10.1 Å². The number of piperazine rings is 1. The number of fused-ring (bicyclic) bond motifs is 1. The summed E-state index contributed by atoms with van der Waals surface area (Å²) in [5.41, 5.74) is 0.250. The van der Waals surface area contributed by atoms with E-state index in [9.17, 15) is 14.9 Å². The van der Waals surface area contributed by atoms with Crippen molar-refractivity contribution in [1.29, 1.82) is 0 Å². The second-order valence-corrected chi connectivity index (χ2v) is 6.85. The molecule has 0 amide bonds. The minimum absolute atomic E-state index is 0.0671. The van der Waals surface area contributed by atoms with Crippen molar-refractivity contribution >= 4 is 22.6 Å². The summed E-state index contributed by atoms with van der Waals surface area (Å²) in [4.78, 5) is 25.1. The molecule has 0 atom stereocenters. The maximum absolute atomic E-state index is 11.8. The maximum atomic E-state index is 11.8. The summed E-state index contributed by atoms with van der Waals surface area (Å²) in [5, 5.41) is 19.8. The molecule has 9 nitrogen and oxygen atoms in total. The summed E-state index contributed by atoms with van der Waals surface area (Å²) < 4.78 is 6.54. The molecule has 1 saturated heterocycles. The van der Waals surface area contributed by atoms with Gasteiger partial charge in [0.1, 0.15) is 5.56 Å². The zero-order chi connectivity index (χ0) is 18.3. The van der Waals surface area contributed by atoms with E-state index < -0.39 is 10.9 Å². The molecule has 1 aromatic heterocycles. The number of hydrogen-bond donors (Lipinski definition) is 1. The first-order chi connectivity index (χ1) is 12.6. The van der Waals surface area contributed by atoms with Crippen molar-refractivity contribution in [3.63, 3.8) is 0 Å². The number of carbonyl (C=O) groups is 1. The third-order valence-electron chi connectivity index (χ3n) is 5.37. The summed E-state index contributed by atoms with van der Waals surface area (Å²) in [7, 11) is 1.21. The molecule has 0 radical (unpaired) electrons. The molecule has 0 unspecified atom stereocenters. The fourth-order valence-corrected chi connectivity index (χ4v) is 3.81. The van der Waals surface area contributed by atoms with Crippen LogP contribution in [-0.4, -0.2) is 64.9 Å². The Morgan fingerprint density at radius 1 is 1.31 bits per heavy atom. The minimum Gasteiger partial charge on any atom is -0.465 e. The Morgan fingerprint density at radius 2 is 2.04 bits per heavy atom. The number of carbonyl (C=O) groups excluding carboxylic acids is 1. The Kier molecular flexibility index (Phi) is 4.33. The second kappa shape index (κ2) is 6.65. The number of hydrogen-bond acceptors (Lipinski definition) is 7. The van der Waals surface area contributed by atoms with Crippen LogP contribution in [0.5, 0.6) is 0 Å². The van der Waals surface area contributed by atoms with Crippen LogP contribution in [0.2, 0.25) is 0 Å². The highest BCUT2D eigenvalue weighted by Gasteiger charge is 2.36. The standard InChI is InChI=1S/C17H21N5O4/c1-26-17(23)14-9-15-11(6-16(14)22(24)25)10-21(19-15)13-7-12(8-13)20-4-2-18-3-5-20/h6,9-10,12-13,18H,2-5,7-8H2,1H3. The Balaban J connectivity index is 1.56. The third-order valence-corrected chi connectivity index (χ3v) is 5.37. The highest BCUT2D eigenvalue weighted by atomic mass is 16.6. The van der Waals surface area contributed by atoms with E-state index in [4.69, 9.17) is 0 Å². The monoisotopic (exact) mass is 359 g/mol. The Bertz CT molecular complexity index is 852. The van der Waals surface area contributed by atoms with Gasteiger partial charge in [0.05, 0.1) is 23.6 Å². The van der Waals surface area contributed by atoms with Gasteiger partial charge in [0.15, 0.2) is 0 Å². The average Bonchev–Trinajstić information content (AvgIpc) is 3.02. The summed E-state index contributed by atoms with van der Waals surface area (Å²) in [6, 6.07) is 3.72. The SMILES string of the molecule is COC(=O)c1cc2nn(C3CC(N4CCNCC4)C3)cc2cc1[N+](=O)[O-]. The maximum Gasteiger partial charge on any atom is 0.344 e. The van der Waals surface area contributed by atoms with Crippen LogP contribution >= 0.6 is 0 Å². The van der Waals surface area contributed by atoms with Gasteiger partial charge < -0.3 is 10.1 Å². The summed E-state index contributed by atoms with van der Waals surface area (Å²) in [5.74, 6) is -0.726. The molecule has 2 aliphatic rings. The van der Waals surface area contributed by atoms with Crippen LogP contribution in [0.15, 0.2) is 18.3 Å². The van der Waals surface area contributed by atoms with Crippen LogP contribution in [0.3, 0.4) is 0 Å². The fraction of sp³-hybridized carbons (Fsp3) is 0.529. The predicted molar refractivity (Wildman–Crippen MR) is 94.2 cm³/mol. The van der Waals surface area contributed by atoms with E-state index in [1.807, 2.05) is 10.9 Å². The number of nitro groups is 1. The minimum atomic E-state index is -0.726. The van der Waals surface area contributed by atoms with E-state index in [1.165, 1.54) is 19.2 Å². The molecular formula is C17H21N5O4. The van der Waals surface area contributed by atoms with Gasteiger partial charge in [-0.25, -0.2) is 4.79 Å². The lowest BCUT2D eigenvalue weighted by atomic mass is 9.85. The van der Waals surface area contributed by atoms with Crippen molar-refractivity contribution in [2.24, 2.45) is 0 Å². The largest absolute Gasteiger partial charge is 0.465 e. The van der Waals surface area contributed by atoms with Crippen LogP contribution in [0.25, 0.3) is 10.9 Å². The molecule has 1 aliphatic carbocycles. The zero-order valence-corrected chi connectivity index (χ0v) is 14.6. The lowest BCUT2D eigenvalue weighted by Crippen LogP contribution is -2.53. The van der Waals surface area contributed by atoms with Crippen LogP contribution in [-0.2, 0) is 4.74 Å². The molecule has 2 aromatic rings. The molecule has 2 fully saturated rings. The van der Waals surface area contributed by atoms with Crippen molar-refractivity contribution in [3.8, 4) is 0 Å². The summed E-state index contributed by atoms with van der Waals surface area (Å²) >= 11 is 0. The molecular weight excluding hydrogens is 338 g/mol. The van der Waals surface area contributed by atoms with Gasteiger partial charge in [0, 0.05) is 49.9 Å². The van der Waals surface area contributed by atoms with Gasteiger partial charge in [-0.2, -0.15) is 5.10 Å². The van der Waals surface area contributed by atoms with Crippen LogP contribution < -0.4 is 5.32 Å². The molecule has 0 bridgehead atoms. The Labute approximate surface area is 150 Å². The van der Waals surface area contributed by atoms with Crippen molar-refractivity contribution in [3.05, 3.63) is 34.0 Å². The van der Waals surface area contributed by atoms with Gasteiger partial charge in [-0.05, 0) is 18.9 Å². The molecule has 1 aliphatic heterocycles. The lowest BCUT2D eigenvalue weighted by molar-refractivity contribution is -0.385. The first kappa shape index (κ1) is 16.9. The van der Waals surface area contributed by atoms with Crippen molar-refractivity contribution < 1.29 is 14.5 Å². The highest BCUT2D eigenvalue weighted by Crippen LogP contribution is 2.37. The predicted octanol–water partition coefficient (Wildman–Crippen LogP) is 1.34. The Morgan fingerprint density at radius 3 is 2.69 bits per heavy atom. The van der Waals surface area contributed by atoms with Gasteiger partial charge in [-0.1, -0.05) is 0 Å². The highest BCUT2D eigenvalue weighted by molar-refractivity contribution is 5.99. The number of rotatable bonds is 4.